The number of hydrogen-bond acceptors (Lipinski definition) is 15. The highest BCUT2D eigenvalue weighted by Crippen LogP contribution is 2.11. The Labute approximate surface area is 273 Å². The molecule has 2 aliphatic rings. The van der Waals surface area contributed by atoms with Gasteiger partial charge >= 0.3 is 6.03 Å². The average molecular weight is 686 g/mol. The second-order valence-corrected chi connectivity index (χ2v) is 10.7. The van der Waals surface area contributed by atoms with Crippen molar-refractivity contribution in [3.63, 3.8) is 0 Å². The first kappa shape index (κ1) is 39.1. The quantitative estimate of drug-likeness (QED) is 0.0950. The lowest BCUT2D eigenvalue weighted by molar-refractivity contribution is -0.135. The molecule has 2 aliphatic heterocycles. The lowest BCUT2D eigenvalue weighted by Gasteiger charge is -2.33. The number of primary amides is 1. The summed E-state index contributed by atoms with van der Waals surface area (Å²) < 4.78 is 0. The van der Waals surface area contributed by atoms with E-state index < -0.39 is 109 Å². The Morgan fingerprint density at radius 2 is 1.62 bits per heavy atom. The van der Waals surface area contributed by atoms with E-state index in [4.69, 9.17) is 22.9 Å². The number of aliphatic imine (C=N–C) groups is 1. The van der Waals surface area contributed by atoms with E-state index in [-0.39, 0.29) is 18.8 Å². The van der Waals surface area contributed by atoms with Gasteiger partial charge in [0.2, 0.25) is 29.5 Å². The second kappa shape index (κ2) is 18.9. The van der Waals surface area contributed by atoms with Gasteiger partial charge in [0.05, 0.1) is 19.3 Å². The van der Waals surface area contributed by atoms with Crippen LogP contribution in [-0.4, -0.2) is 132 Å². The van der Waals surface area contributed by atoms with Crippen molar-refractivity contribution in [2.24, 2.45) is 27.9 Å². The van der Waals surface area contributed by atoms with Gasteiger partial charge in [-0.1, -0.05) is 0 Å². The molecule has 2 heterocycles. The fourth-order valence-electron chi connectivity index (χ4n) is 4.46. The number of carbonyl (C=O) groups excluding carboxylic acids is 7. The number of nitrogens with zero attached hydrogens (tertiary/aromatic N) is 1. The molecule has 7 atom stereocenters. The summed E-state index contributed by atoms with van der Waals surface area (Å²) in [6.45, 7) is -2.36. The van der Waals surface area contributed by atoms with Crippen molar-refractivity contribution in [3.05, 3.63) is 11.9 Å². The number of rotatable bonds is 10. The SMILES string of the molecule is NCCC[C@H](N)CC(=O)N[C@H]1CNC(=O)[C@H]([C@@H]2C[C@H](O)N=C(N)N2)NC(=O)/C(=C\NC(N)=O)NC(=O)[C@H](CO)NC(=O)[C@H](CO)NC1=O. The fourth-order valence-corrected chi connectivity index (χ4v) is 4.46. The van der Waals surface area contributed by atoms with Gasteiger partial charge in [-0.15, -0.1) is 0 Å². The summed E-state index contributed by atoms with van der Waals surface area (Å²) in [5.74, 6) is -6.65. The first-order valence-corrected chi connectivity index (χ1v) is 14.7. The van der Waals surface area contributed by atoms with Crippen LogP contribution in [0.3, 0.4) is 0 Å². The van der Waals surface area contributed by atoms with E-state index in [0.29, 0.717) is 25.6 Å². The van der Waals surface area contributed by atoms with Crippen LogP contribution < -0.4 is 65.5 Å². The molecule has 48 heavy (non-hydrogen) atoms. The summed E-state index contributed by atoms with van der Waals surface area (Å²) >= 11 is 0. The predicted molar refractivity (Wildman–Crippen MR) is 164 cm³/mol. The van der Waals surface area contributed by atoms with Crippen LogP contribution in [0.2, 0.25) is 0 Å². The number of hydrogen-bond donors (Lipinski definition) is 15. The third-order valence-corrected chi connectivity index (χ3v) is 6.91. The molecule has 0 spiro atoms. The molecule has 23 heteroatoms. The van der Waals surface area contributed by atoms with Crippen LogP contribution in [0.15, 0.2) is 16.9 Å². The third kappa shape index (κ3) is 12.3. The molecular formula is C25H43N13O10. The minimum atomic E-state index is -1.78. The summed E-state index contributed by atoms with van der Waals surface area (Å²) in [6, 6.07) is -9.66. The Hall–Kier alpha value is -5.10. The molecule has 0 saturated carbocycles. The number of aliphatic hydroxyl groups is 3. The molecule has 0 radical (unpaired) electrons. The molecule has 0 unspecified atom stereocenters. The molecule has 1 saturated heterocycles. The van der Waals surface area contributed by atoms with Crippen molar-refractivity contribution in [2.75, 3.05) is 26.3 Å². The van der Waals surface area contributed by atoms with Gasteiger partial charge in [-0.2, -0.15) is 0 Å². The Morgan fingerprint density at radius 1 is 0.979 bits per heavy atom. The summed E-state index contributed by atoms with van der Waals surface area (Å²) in [5.41, 5.74) is 21.5. The maximum Gasteiger partial charge on any atom is 0.316 e. The number of nitrogens with two attached hydrogens (primary N) is 4. The number of urea groups is 1. The largest absolute Gasteiger partial charge is 0.394 e. The van der Waals surface area contributed by atoms with E-state index in [0.717, 1.165) is 0 Å². The highest BCUT2D eigenvalue weighted by molar-refractivity contribution is 6.02. The lowest BCUT2D eigenvalue weighted by atomic mass is 10.0. The maximum atomic E-state index is 13.6. The summed E-state index contributed by atoms with van der Waals surface area (Å²) in [6.07, 6.45) is -0.339. The van der Waals surface area contributed by atoms with Gasteiger partial charge in [-0.05, 0) is 19.4 Å². The average Bonchev–Trinajstić information content (AvgIpc) is 3.02. The topological polar surface area (TPSA) is 393 Å². The zero-order chi connectivity index (χ0) is 36.0. The Kier molecular flexibility index (Phi) is 15.4. The Bertz CT molecular complexity index is 1280. The third-order valence-electron chi connectivity index (χ3n) is 6.91. The first-order valence-electron chi connectivity index (χ1n) is 14.7. The number of guanidine groups is 1. The normalized spacial score (nSPS) is 27.6. The minimum Gasteiger partial charge on any atom is -0.394 e. The van der Waals surface area contributed by atoms with Crippen molar-refractivity contribution in [1.82, 2.24) is 42.5 Å². The summed E-state index contributed by atoms with van der Waals surface area (Å²) in [4.78, 5) is 94.0. The maximum absolute atomic E-state index is 13.6. The van der Waals surface area contributed by atoms with Crippen molar-refractivity contribution >= 4 is 47.4 Å². The number of aliphatic hydroxyl groups excluding tert-OH is 3. The summed E-state index contributed by atoms with van der Waals surface area (Å²) in [5, 5.41) is 47.9. The fraction of sp³-hybridized carbons (Fsp3) is 0.600. The van der Waals surface area contributed by atoms with E-state index in [2.05, 4.69) is 42.2 Å². The molecule has 19 N–H and O–H groups in total. The van der Waals surface area contributed by atoms with Crippen LogP contribution in [0.1, 0.15) is 25.7 Å². The van der Waals surface area contributed by atoms with Crippen molar-refractivity contribution in [1.29, 1.82) is 0 Å². The van der Waals surface area contributed by atoms with E-state index in [1.54, 1.807) is 0 Å². The molecule has 0 aromatic heterocycles. The number of carbonyl (C=O) groups is 7. The molecule has 0 aromatic carbocycles. The number of amides is 8. The summed E-state index contributed by atoms with van der Waals surface area (Å²) in [7, 11) is 0. The molecular weight excluding hydrogens is 642 g/mol. The van der Waals surface area contributed by atoms with Crippen LogP contribution in [0.5, 0.6) is 0 Å². The zero-order valence-corrected chi connectivity index (χ0v) is 25.7. The molecule has 0 aromatic rings. The van der Waals surface area contributed by atoms with Crippen LogP contribution in [0, 0.1) is 0 Å². The van der Waals surface area contributed by atoms with Gasteiger partial charge in [-0.25, -0.2) is 9.79 Å². The van der Waals surface area contributed by atoms with E-state index in [1.807, 2.05) is 5.32 Å². The molecule has 0 bridgehead atoms. The standard InChI is InChI=1S/C25H43N13O10/c26-3-1-2-10(27)4-16(41)32-12-6-30-23(47)18(11-5-17(42)37-24(28)36-11)38-20(44)13(7-31-25(29)48)33-21(45)14(8-39)35-22(46)15(9-40)34-19(12)43/h7,10-12,14-15,17-18,39-40,42H,1-6,8-9,26-27H2,(H,30,47)(H,32,41)(H,33,45)(H,34,43)(H,35,46)(H,38,44)(H3,28,36,37)(H3,29,31,48)/b13-7+/t10-,11-,12-,14-,15-,17-,18-/m0/s1. The first-order chi connectivity index (χ1) is 22.7. The molecule has 268 valence electrons. The van der Waals surface area contributed by atoms with Crippen LogP contribution in [0.25, 0.3) is 0 Å². The molecule has 2 rings (SSSR count). The van der Waals surface area contributed by atoms with E-state index >= 15 is 0 Å². The Morgan fingerprint density at radius 3 is 2.23 bits per heavy atom. The van der Waals surface area contributed by atoms with Crippen LogP contribution in [0.4, 0.5) is 4.79 Å². The van der Waals surface area contributed by atoms with Crippen LogP contribution in [-0.2, 0) is 28.8 Å². The van der Waals surface area contributed by atoms with E-state index in [1.165, 1.54) is 0 Å². The molecule has 8 amide bonds. The van der Waals surface area contributed by atoms with Gasteiger partial charge in [0.15, 0.2) is 12.2 Å². The molecule has 0 aliphatic carbocycles. The van der Waals surface area contributed by atoms with Crippen molar-refractivity contribution in [2.45, 2.75) is 68.2 Å². The van der Waals surface area contributed by atoms with Crippen molar-refractivity contribution in [3.8, 4) is 0 Å². The van der Waals surface area contributed by atoms with Gasteiger partial charge in [0.25, 0.3) is 5.91 Å². The highest BCUT2D eigenvalue weighted by Gasteiger charge is 2.37. The lowest BCUT2D eigenvalue weighted by Crippen LogP contribution is -2.64. The van der Waals surface area contributed by atoms with Gasteiger partial charge in [0.1, 0.15) is 29.9 Å². The highest BCUT2D eigenvalue weighted by atomic mass is 16.3. The van der Waals surface area contributed by atoms with E-state index in [9.17, 15) is 48.9 Å². The monoisotopic (exact) mass is 685 g/mol. The van der Waals surface area contributed by atoms with Crippen molar-refractivity contribution < 1.29 is 48.9 Å². The molecule has 1 fully saturated rings. The predicted octanol–water partition coefficient (Wildman–Crippen LogP) is -8.88. The second-order valence-electron chi connectivity index (χ2n) is 10.7. The van der Waals surface area contributed by atoms with Gasteiger partial charge < -0.3 is 80.8 Å². The van der Waals surface area contributed by atoms with Gasteiger partial charge in [-0.3, -0.25) is 28.8 Å². The smallest absolute Gasteiger partial charge is 0.316 e. The van der Waals surface area contributed by atoms with Gasteiger partial charge in [0, 0.05) is 31.6 Å². The minimum absolute atomic E-state index is 0.245. The number of nitrogens with one attached hydrogen (secondary N) is 8. The molecule has 23 nitrogen and oxygen atoms in total. The Balaban J connectivity index is 2.54. The zero-order valence-electron chi connectivity index (χ0n) is 25.7. The van der Waals surface area contributed by atoms with Crippen LogP contribution >= 0.6 is 0 Å².